The van der Waals surface area contributed by atoms with E-state index in [0.29, 0.717) is 19.0 Å². The topological polar surface area (TPSA) is 45.5 Å². The predicted octanol–water partition coefficient (Wildman–Crippen LogP) is 6.83. The predicted molar refractivity (Wildman–Crippen MR) is 142 cm³/mol. The molecule has 1 heterocycles. The highest BCUT2D eigenvalue weighted by molar-refractivity contribution is 5.75. The molecule has 0 aliphatic heterocycles. The third kappa shape index (κ3) is 6.24. The van der Waals surface area contributed by atoms with Crippen LogP contribution in [0.2, 0.25) is 0 Å². The van der Waals surface area contributed by atoms with Crippen LogP contribution in [0.25, 0.3) is 11.0 Å². The summed E-state index contributed by atoms with van der Waals surface area (Å²) in [6.45, 7) is 9.91. The third-order valence-electron chi connectivity index (χ3n) is 5.94. The van der Waals surface area contributed by atoms with E-state index in [0.717, 1.165) is 59.7 Å². The second-order valence-electron chi connectivity index (χ2n) is 8.81. The number of fused-ring (bicyclic) bond motifs is 1. The standard InChI is InChI=1S/C30H34N2O3/c1-5-10-24-13-14-28(29(20-24)33-4)35-21-30-31-26-11-6-7-12-27(26)32(30)15-8-9-16-34-25-18-22(2)17-23(3)19-25/h5-7,11-14,17-20H,1,8-10,15-16,21H2,2-4H3. The van der Waals surface area contributed by atoms with E-state index in [1.165, 1.54) is 11.1 Å². The molecule has 35 heavy (non-hydrogen) atoms. The Bertz CT molecular complexity index is 1270. The molecule has 0 aliphatic rings. The van der Waals surface area contributed by atoms with Crippen molar-refractivity contribution in [3.8, 4) is 17.2 Å². The van der Waals surface area contributed by atoms with Crippen LogP contribution >= 0.6 is 0 Å². The lowest BCUT2D eigenvalue weighted by Crippen LogP contribution is -2.09. The van der Waals surface area contributed by atoms with Gasteiger partial charge in [-0.3, -0.25) is 0 Å². The van der Waals surface area contributed by atoms with Crippen LogP contribution in [-0.4, -0.2) is 23.3 Å². The largest absolute Gasteiger partial charge is 0.494 e. The molecule has 4 aromatic rings. The molecule has 0 N–H and O–H groups in total. The Hall–Kier alpha value is -3.73. The average Bonchev–Trinajstić information content (AvgIpc) is 3.20. The van der Waals surface area contributed by atoms with Gasteiger partial charge in [0.2, 0.25) is 0 Å². The summed E-state index contributed by atoms with van der Waals surface area (Å²) in [6.07, 6.45) is 4.61. The molecule has 0 unspecified atom stereocenters. The summed E-state index contributed by atoms with van der Waals surface area (Å²) in [5.74, 6) is 3.27. The van der Waals surface area contributed by atoms with Gasteiger partial charge in [0.05, 0.1) is 24.8 Å². The first-order chi connectivity index (χ1) is 17.1. The van der Waals surface area contributed by atoms with Gasteiger partial charge >= 0.3 is 0 Å². The van der Waals surface area contributed by atoms with Crippen LogP contribution in [0.15, 0.2) is 73.3 Å². The zero-order valence-electron chi connectivity index (χ0n) is 20.9. The molecule has 0 fully saturated rings. The number of hydrogen-bond acceptors (Lipinski definition) is 4. The number of nitrogens with zero attached hydrogens (tertiary/aromatic N) is 2. The van der Waals surface area contributed by atoms with Gasteiger partial charge in [-0.25, -0.2) is 4.98 Å². The fraction of sp³-hybridized carbons (Fsp3) is 0.300. The number of para-hydroxylation sites is 2. The van der Waals surface area contributed by atoms with Crippen LogP contribution in [-0.2, 0) is 19.6 Å². The molecule has 5 nitrogen and oxygen atoms in total. The molecule has 0 amide bonds. The number of aromatic nitrogens is 2. The van der Waals surface area contributed by atoms with Crippen molar-refractivity contribution in [1.82, 2.24) is 9.55 Å². The minimum Gasteiger partial charge on any atom is -0.494 e. The van der Waals surface area contributed by atoms with Crippen molar-refractivity contribution in [3.05, 3.63) is 95.8 Å². The number of ether oxygens (including phenoxy) is 3. The van der Waals surface area contributed by atoms with Crippen molar-refractivity contribution < 1.29 is 14.2 Å². The van der Waals surface area contributed by atoms with Gasteiger partial charge in [0.25, 0.3) is 0 Å². The molecule has 0 spiro atoms. The summed E-state index contributed by atoms with van der Waals surface area (Å²) in [5, 5.41) is 0. The summed E-state index contributed by atoms with van der Waals surface area (Å²) in [5.41, 5.74) is 5.68. The van der Waals surface area contributed by atoms with Crippen LogP contribution < -0.4 is 14.2 Å². The Morgan fingerprint density at radius 1 is 0.914 bits per heavy atom. The van der Waals surface area contributed by atoms with Crippen molar-refractivity contribution in [3.63, 3.8) is 0 Å². The number of hydrogen-bond donors (Lipinski definition) is 0. The van der Waals surface area contributed by atoms with Gasteiger partial charge in [-0.2, -0.15) is 0 Å². The van der Waals surface area contributed by atoms with Crippen molar-refractivity contribution in [2.45, 2.75) is 46.3 Å². The maximum atomic E-state index is 6.17. The minimum absolute atomic E-state index is 0.366. The van der Waals surface area contributed by atoms with Gasteiger partial charge < -0.3 is 18.8 Å². The van der Waals surface area contributed by atoms with E-state index in [1.807, 2.05) is 36.4 Å². The van der Waals surface area contributed by atoms with Crippen molar-refractivity contribution in [2.75, 3.05) is 13.7 Å². The van der Waals surface area contributed by atoms with Crippen LogP contribution in [0, 0.1) is 13.8 Å². The Morgan fingerprint density at radius 2 is 1.71 bits per heavy atom. The van der Waals surface area contributed by atoms with Crippen molar-refractivity contribution >= 4 is 11.0 Å². The average molecular weight is 471 g/mol. The maximum absolute atomic E-state index is 6.17. The molecule has 0 saturated heterocycles. The summed E-state index contributed by atoms with van der Waals surface area (Å²) in [6, 6.07) is 20.5. The van der Waals surface area contributed by atoms with Gasteiger partial charge in [-0.15, -0.1) is 6.58 Å². The number of methoxy groups -OCH3 is 1. The molecule has 0 radical (unpaired) electrons. The van der Waals surface area contributed by atoms with E-state index in [2.05, 4.69) is 55.3 Å². The first-order valence-electron chi connectivity index (χ1n) is 12.1. The number of imidazole rings is 1. The van der Waals surface area contributed by atoms with Crippen LogP contribution in [0.3, 0.4) is 0 Å². The fourth-order valence-corrected chi connectivity index (χ4v) is 4.33. The molecule has 0 aliphatic carbocycles. The Morgan fingerprint density at radius 3 is 2.49 bits per heavy atom. The third-order valence-corrected chi connectivity index (χ3v) is 5.94. The highest BCUT2D eigenvalue weighted by Gasteiger charge is 2.13. The van der Waals surface area contributed by atoms with Crippen LogP contribution in [0.5, 0.6) is 17.2 Å². The van der Waals surface area contributed by atoms with Crippen LogP contribution in [0.4, 0.5) is 0 Å². The molecule has 0 saturated carbocycles. The lowest BCUT2D eigenvalue weighted by atomic mass is 10.1. The monoisotopic (exact) mass is 470 g/mol. The van der Waals surface area contributed by atoms with E-state index in [1.54, 1.807) is 7.11 Å². The molecular formula is C30H34N2O3. The van der Waals surface area contributed by atoms with Gasteiger partial charge in [-0.05, 0) is 86.2 Å². The molecule has 3 aromatic carbocycles. The Balaban J connectivity index is 1.41. The quantitative estimate of drug-likeness (QED) is 0.168. The zero-order valence-corrected chi connectivity index (χ0v) is 20.9. The number of allylic oxidation sites excluding steroid dienone is 1. The van der Waals surface area contributed by atoms with E-state index < -0.39 is 0 Å². The Kier molecular flexibility index (Phi) is 8.09. The molecule has 4 rings (SSSR count). The summed E-state index contributed by atoms with van der Waals surface area (Å²) < 4.78 is 20.0. The summed E-state index contributed by atoms with van der Waals surface area (Å²) in [7, 11) is 1.66. The normalized spacial score (nSPS) is 10.9. The van der Waals surface area contributed by atoms with Gasteiger partial charge in [0, 0.05) is 6.54 Å². The van der Waals surface area contributed by atoms with E-state index in [-0.39, 0.29) is 0 Å². The molecular weight excluding hydrogens is 436 g/mol. The van der Waals surface area contributed by atoms with E-state index in [4.69, 9.17) is 19.2 Å². The van der Waals surface area contributed by atoms with Crippen LogP contribution in [0.1, 0.15) is 35.4 Å². The lowest BCUT2D eigenvalue weighted by molar-refractivity contribution is 0.269. The molecule has 0 bridgehead atoms. The molecule has 182 valence electrons. The zero-order chi connectivity index (χ0) is 24.6. The second-order valence-corrected chi connectivity index (χ2v) is 8.81. The smallest absolute Gasteiger partial charge is 0.161 e. The highest BCUT2D eigenvalue weighted by Crippen LogP contribution is 2.29. The second kappa shape index (κ2) is 11.6. The highest BCUT2D eigenvalue weighted by atomic mass is 16.5. The first-order valence-corrected chi connectivity index (χ1v) is 12.1. The lowest BCUT2D eigenvalue weighted by Gasteiger charge is -2.14. The maximum Gasteiger partial charge on any atom is 0.161 e. The fourth-order valence-electron chi connectivity index (χ4n) is 4.33. The number of aryl methyl sites for hydroxylation is 3. The van der Waals surface area contributed by atoms with Gasteiger partial charge in [0.15, 0.2) is 11.5 Å². The van der Waals surface area contributed by atoms with Crippen molar-refractivity contribution in [1.29, 1.82) is 0 Å². The SMILES string of the molecule is C=CCc1ccc(OCc2nc3ccccc3n2CCCCOc2cc(C)cc(C)c2)c(OC)c1. The van der Waals surface area contributed by atoms with Gasteiger partial charge in [-0.1, -0.05) is 30.3 Å². The minimum atomic E-state index is 0.366. The van der Waals surface area contributed by atoms with E-state index >= 15 is 0 Å². The summed E-state index contributed by atoms with van der Waals surface area (Å²) >= 11 is 0. The first kappa shape index (κ1) is 24.4. The molecule has 5 heteroatoms. The van der Waals surface area contributed by atoms with Crippen molar-refractivity contribution in [2.24, 2.45) is 0 Å². The Labute approximate surface area is 208 Å². The molecule has 0 atom stereocenters. The number of benzene rings is 3. The number of rotatable bonds is 12. The number of unbranched alkanes of at least 4 members (excludes halogenated alkanes) is 1. The van der Waals surface area contributed by atoms with E-state index in [9.17, 15) is 0 Å². The summed E-state index contributed by atoms with van der Waals surface area (Å²) in [4.78, 5) is 4.85. The van der Waals surface area contributed by atoms with Gasteiger partial charge in [0.1, 0.15) is 18.2 Å². The molecule has 1 aromatic heterocycles.